The Hall–Kier alpha value is -0.0631. The molecule has 1 aliphatic heterocycles. The number of rotatable bonds is 11. The first kappa shape index (κ1) is 27.0. The number of nitrogens with zero attached hydrogens (tertiary/aromatic N) is 2. The van der Waals surface area contributed by atoms with Gasteiger partial charge in [0.15, 0.2) is 8.32 Å². The van der Waals surface area contributed by atoms with Gasteiger partial charge in [-0.05, 0) is 52.2 Å². The van der Waals surface area contributed by atoms with Crippen LogP contribution in [0.2, 0.25) is 18.1 Å². The van der Waals surface area contributed by atoms with E-state index in [1.807, 2.05) is 0 Å². The lowest BCUT2D eigenvalue weighted by Gasteiger charge is -2.41. The van der Waals surface area contributed by atoms with E-state index < -0.39 is 16.8 Å². The van der Waals surface area contributed by atoms with E-state index in [9.17, 15) is 0 Å². The van der Waals surface area contributed by atoms with E-state index >= 15 is 0 Å². The van der Waals surface area contributed by atoms with Gasteiger partial charge in [-0.2, -0.15) is 5.26 Å². The summed E-state index contributed by atoms with van der Waals surface area (Å²) >= 11 is 0. The van der Waals surface area contributed by atoms with Crippen molar-refractivity contribution in [1.29, 1.82) is 5.26 Å². The van der Waals surface area contributed by atoms with Crippen LogP contribution in [0.4, 0.5) is 0 Å². The van der Waals surface area contributed by atoms with E-state index in [0.29, 0.717) is 19.6 Å². The standard InChI is InChI=1S/C21H43N2O4PSi/c1-11-18-20(19(15-24-18)27-29(9,10)21(6,7)8)26-28(25-14-12-13-22)23(16(2)3)17(4)5/h16-20H,11-12,14-15H2,1-10H3/t18-,19+,20-,28?/m1/s1. The lowest BCUT2D eigenvalue weighted by atomic mass is 10.1. The fourth-order valence-corrected chi connectivity index (χ4v) is 6.29. The highest BCUT2D eigenvalue weighted by molar-refractivity contribution is 7.44. The summed E-state index contributed by atoms with van der Waals surface area (Å²) in [6.07, 6.45) is 0.964. The zero-order valence-electron chi connectivity index (χ0n) is 20.2. The van der Waals surface area contributed by atoms with Crippen molar-refractivity contribution in [2.45, 2.75) is 117 Å². The molecule has 1 unspecified atom stereocenters. The monoisotopic (exact) mass is 446 g/mol. The van der Waals surface area contributed by atoms with Gasteiger partial charge in [-0.1, -0.05) is 27.7 Å². The van der Waals surface area contributed by atoms with Gasteiger partial charge in [-0.15, -0.1) is 0 Å². The lowest BCUT2D eigenvalue weighted by Crippen LogP contribution is -2.48. The third-order valence-corrected chi connectivity index (χ3v) is 12.4. The van der Waals surface area contributed by atoms with Crippen LogP contribution in [0.15, 0.2) is 0 Å². The van der Waals surface area contributed by atoms with Crippen LogP contribution in [0.25, 0.3) is 0 Å². The molecule has 0 spiro atoms. The van der Waals surface area contributed by atoms with Crippen LogP contribution < -0.4 is 0 Å². The van der Waals surface area contributed by atoms with E-state index in [-0.39, 0.29) is 35.4 Å². The minimum atomic E-state index is -1.96. The second-order valence-electron chi connectivity index (χ2n) is 9.81. The highest BCUT2D eigenvalue weighted by atomic mass is 31.2. The van der Waals surface area contributed by atoms with E-state index in [0.717, 1.165) is 6.42 Å². The average molecular weight is 447 g/mol. The third kappa shape index (κ3) is 7.54. The lowest BCUT2D eigenvalue weighted by molar-refractivity contribution is 0.0272. The van der Waals surface area contributed by atoms with Crippen LogP contribution in [0.5, 0.6) is 0 Å². The molecule has 0 radical (unpaired) electrons. The summed E-state index contributed by atoms with van der Waals surface area (Å²) < 4.78 is 27.8. The zero-order chi connectivity index (χ0) is 22.4. The Morgan fingerprint density at radius 2 is 1.79 bits per heavy atom. The minimum Gasteiger partial charge on any atom is -0.409 e. The first-order chi connectivity index (χ1) is 13.4. The molecule has 8 heteroatoms. The molecule has 0 N–H and O–H groups in total. The molecule has 0 aliphatic carbocycles. The fourth-order valence-electron chi connectivity index (χ4n) is 3.19. The predicted molar refractivity (Wildman–Crippen MR) is 122 cm³/mol. The fraction of sp³-hybridized carbons (Fsp3) is 0.952. The summed E-state index contributed by atoms with van der Waals surface area (Å²) in [6.45, 7) is 22.9. The Bertz CT molecular complexity index is 526. The molecule has 0 aromatic rings. The summed E-state index contributed by atoms with van der Waals surface area (Å²) in [5.74, 6) is 0. The Labute approximate surface area is 181 Å². The van der Waals surface area contributed by atoms with E-state index in [2.05, 4.69) is 79.2 Å². The Morgan fingerprint density at radius 3 is 2.24 bits per heavy atom. The number of hydrogen-bond acceptors (Lipinski definition) is 6. The molecule has 1 rings (SSSR count). The predicted octanol–water partition coefficient (Wildman–Crippen LogP) is 5.85. The van der Waals surface area contributed by atoms with Gasteiger partial charge in [0.05, 0.1) is 37.9 Å². The Morgan fingerprint density at radius 1 is 1.21 bits per heavy atom. The summed E-state index contributed by atoms with van der Waals surface area (Å²) in [5.41, 5.74) is 0. The summed E-state index contributed by atoms with van der Waals surface area (Å²) in [7, 11) is -3.27. The molecule has 0 saturated carbocycles. The minimum absolute atomic E-state index is 0.00416. The topological polar surface area (TPSA) is 64.0 Å². The van der Waals surface area contributed by atoms with Gasteiger partial charge in [-0.25, -0.2) is 4.67 Å². The maximum absolute atomic E-state index is 8.93. The third-order valence-electron chi connectivity index (χ3n) is 5.74. The maximum atomic E-state index is 8.93. The molecule has 0 bridgehead atoms. The highest BCUT2D eigenvalue weighted by Gasteiger charge is 2.47. The molecule has 1 heterocycles. The largest absolute Gasteiger partial charge is 0.409 e. The van der Waals surface area contributed by atoms with Crippen LogP contribution >= 0.6 is 8.53 Å². The molecule has 1 aliphatic rings. The van der Waals surface area contributed by atoms with Crippen LogP contribution in [-0.4, -0.2) is 56.6 Å². The molecule has 6 nitrogen and oxygen atoms in total. The van der Waals surface area contributed by atoms with Crippen molar-refractivity contribution in [1.82, 2.24) is 4.67 Å². The van der Waals surface area contributed by atoms with Crippen molar-refractivity contribution < 1.29 is 18.2 Å². The van der Waals surface area contributed by atoms with Gasteiger partial charge in [0, 0.05) is 12.1 Å². The van der Waals surface area contributed by atoms with Crippen LogP contribution in [0.1, 0.15) is 68.2 Å². The van der Waals surface area contributed by atoms with Crippen LogP contribution in [-0.2, 0) is 18.2 Å². The van der Waals surface area contributed by atoms with E-state index in [4.69, 9.17) is 23.5 Å². The molecular formula is C21H43N2O4PSi. The van der Waals surface area contributed by atoms with E-state index in [1.165, 1.54) is 0 Å². The second kappa shape index (κ2) is 11.5. The van der Waals surface area contributed by atoms with Gasteiger partial charge in [0.25, 0.3) is 8.53 Å². The number of nitriles is 1. The molecule has 0 amide bonds. The van der Waals surface area contributed by atoms with Gasteiger partial charge in [0.2, 0.25) is 0 Å². The molecule has 1 fully saturated rings. The van der Waals surface area contributed by atoms with E-state index in [1.54, 1.807) is 0 Å². The van der Waals surface area contributed by atoms with Gasteiger partial charge in [0.1, 0.15) is 6.10 Å². The van der Waals surface area contributed by atoms with Crippen molar-refractivity contribution in [3.63, 3.8) is 0 Å². The van der Waals surface area contributed by atoms with Crippen molar-refractivity contribution >= 4 is 16.8 Å². The quantitative estimate of drug-likeness (QED) is 0.225. The molecule has 170 valence electrons. The molecular weight excluding hydrogens is 403 g/mol. The molecule has 0 aromatic heterocycles. The first-order valence-corrected chi connectivity index (χ1v) is 14.9. The van der Waals surface area contributed by atoms with Gasteiger partial charge in [-0.3, -0.25) is 0 Å². The first-order valence-electron chi connectivity index (χ1n) is 10.9. The maximum Gasteiger partial charge on any atom is 0.259 e. The second-order valence-corrected chi connectivity index (χ2v) is 16.0. The van der Waals surface area contributed by atoms with Crippen molar-refractivity contribution in [3.8, 4) is 6.07 Å². The van der Waals surface area contributed by atoms with Crippen LogP contribution in [0, 0.1) is 11.3 Å². The van der Waals surface area contributed by atoms with Gasteiger partial charge < -0.3 is 18.2 Å². The SMILES string of the molecule is CC[C@H]1OC[C@H](O[Si](C)(C)C(C)(C)C)[C@@H]1OP(OCCC#N)N(C(C)C)C(C)C. The smallest absolute Gasteiger partial charge is 0.259 e. The van der Waals surface area contributed by atoms with Crippen molar-refractivity contribution in [3.05, 3.63) is 0 Å². The van der Waals surface area contributed by atoms with Crippen molar-refractivity contribution in [2.24, 2.45) is 0 Å². The molecule has 4 atom stereocenters. The summed E-state index contributed by atoms with van der Waals surface area (Å²) in [4.78, 5) is 0. The molecule has 29 heavy (non-hydrogen) atoms. The zero-order valence-corrected chi connectivity index (χ0v) is 22.1. The highest BCUT2D eigenvalue weighted by Crippen LogP contribution is 2.50. The van der Waals surface area contributed by atoms with Crippen molar-refractivity contribution in [2.75, 3.05) is 13.2 Å². The summed E-state index contributed by atoms with van der Waals surface area (Å²) in [6, 6.07) is 2.70. The normalized spacial score (nSPS) is 24.5. The molecule has 1 saturated heterocycles. The Kier molecular flexibility index (Phi) is 10.7. The Balaban J connectivity index is 3.08. The summed E-state index contributed by atoms with van der Waals surface area (Å²) in [5, 5.41) is 9.06. The average Bonchev–Trinajstić information content (AvgIpc) is 2.94. The van der Waals surface area contributed by atoms with Gasteiger partial charge >= 0.3 is 0 Å². The molecule has 0 aromatic carbocycles. The van der Waals surface area contributed by atoms with Crippen LogP contribution in [0.3, 0.4) is 0 Å². The number of ether oxygens (including phenoxy) is 1. The number of hydrogen-bond donors (Lipinski definition) is 0.